The van der Waals surface area contributed by atoms with Crippen LogP contribution < -0.4 is 10.5 Å². The van der Waals surface area contributed by atoms with E-state index in [2.05, 4.69) is 36.8 Å². The van der Waals surface area contributed by atoms with Gasteiger partial charge in [0, 0.05) is 27.5 Å². The van der Waals surface area contributed by atoms with Gasteiger partial charge in [0.05, 0.1) is 17.6 Å². The molecule has 0 amide bonds. The molecule has 2 rings (SSSR count). The van der Waals surface area contributed by atoms with Crippen molar-refractivity contribution in [3.8, 4) is 5.75 Å². The molecule has 6 heteroatoms. The fourth-order valence-electron chi connectivity index (χ4n) is 1.80. The molecule has 1 unspecified atom stereocenters. The van der Waals surface area contributed by atoms with Crippen molar-refractivity contribution in [3.63, 3.8) is 0 Å². The maximum absolute atomic E-state index is 6.28. The van der Waals surface area contributed by atoms with Crippen LogP contribution >= 0.6 is 43.5 Å². The maximum Gasteiger partial charge on any atom is 0.138 e. The van der Waals surface area contributed by atoms with Crippen molar-refractivity contribution in [3.05, 3.63) is 55.7 Å². The van der Waals surface area contributed by atoms with Crippen LogP contribution in [-0.2, 0) is 0 Å². The van der Waals surface area contributed by atoms with Gasteiger partial charge in [-0.2, -0.15) is 0 Å². The zero-order valence-corrected chi connectivity index (χ0v) is 14.0. The van der Waals surface area contributed by atoms with Gasteiger partial charge in [0.1, 0.15) is 5.75 Å². The average Bonchev–Trinajstić information content (AvgIpc) is 2.37. The van der Waals surface area contributed by atoms with E-state index in [1.807, 2.05) is 6.07 Å². The van der Waals surface area contributed by atoms with Gasteiger partial charge in [0.15, 0.2) is 0 Å². The van der Waals surface area contributed by atoms with Crippen LogP contribution in [-0.4, -0.2) is 12.1 Å². The lowest BCUT2D eigenvalue weighted by atomic mass is 10.0. The second-order valence-electron chi connectivity index (χ2n) is 3.92. The van der Waals surface area contributed by atoms with E-state index in [4.69, 9.17) is 22.1 Å². The highest BCUT2D eigenvalue weighted by atomic mass is 79.9. The molecule has 19 heavy (non-hydrogen) atoms. The van der Waals surface area contributed by atoms with Crippen LogP contribution in [0, 0.1) is 0 Å². The standard InChI is InChI=1S/C13H11Br2ClN2O/c1-19-13-10(3-9(16)4-11(13)15)12(17)7-2-8(14)6-18-5-7/h2-6,12H,17H2,1H3. The van der Waals surface area contributed by atoms with E-state index in [0.29, 0.717) is 10.8 Å². The second-order valence-corrected chi connectivity index (χ2v) is 6.13. The van der Waals surface area contributed by atoms with Crippen molar-refractivity contribution in [2.75, 3.05) is 7.11 Å². The Bertz CT molecular complexity index is 607. The Morgan fingerprint density at radius 2 is 2.00 bits per heavy atom. The van der Waals surface area contributed by atoms with Crippen LogP contribution in [0.3, 0.4) is 0 Å². The molecule has 1 aromatic heterocycles. The molecular weight excluding hydrogens is 395 g/mol. The van der Waals surface area contributed by atoms with Crippen LogP contribution in [0.1, 0.15) is 17.2 Å². The van der Waals surface area contributed by atoms with Crippen molar-refractivity contribution in [2.45, 2.75) is 6.04 Å². The quantitative estimate of drug-likeness (QED) is 0.826. The first-order chi connectivity index (χ1) is 9.02. The van der Waals surface area contributed by atoms with Gasteiger partial charge in [0.25, 0.3) is 0 Å². The number of aromatic nitrogens is 1. The summed E-state index contributed by atoms with van der Waals surface area (Å²) in [7, 11) is 1.60. The minimum absolute atomic E-state index is 0.366. The Morgan fingerprint density at radius 1 is 1.26 bits per heavy atom. The summed E-state index contributed by atoms with van der Waals surface area (Å²) in [5.74, 6) is 0.678. The number of pyridine rings is 1. The first-order valence-electron chi connectivity index (χ1n) is 5.42. The molecule has 0 saturated carbocycles. The number of nitrogens with two attached hydrogens (primary N) is 1. The van der Waals surface area contributed by atoms with Gasteiger partial charge in [-0.25, -0.2) is 0 Å². The molecule has 2 N–H and O–H groups in total. The highest BCUT2D eigenvalue weighted by molar-refractivity contribution is 9.10. The van der Waals surface area contributed by atoms with Gasteiger partial charge >= 0.3 is 0 Å². The van der Waals surface area contributed by atoms with Crippen molar-refractivity contribution >= 4 is 43.5 Å². The van der Waals surface area contributed by atoms with E-state index in [9.17, 15) is 0 Å². The molecule has 2 aromatic rings. The summed E-state index contributed by atoms with van der Waals surface area (Å²) in [6.07, 6.45) is 3.44. The topological polar surface area (TPSA) is 48.1 Å². The van der Waals surface area contributed by atoms with Gasteiger partial charge < -0.3 is 10.5 Å². The molecule has 1 atom stereocenters. The lowest BCUT2D eigenvalue weighted by molar-refractivity contribution is 0.405. The molecule has 0 aliphatic carbocycles. The summed E-state index contributed by atoms with van der Waals surface area (Å²) < 4.78 is 7.04. The predicted molar refractivity (Wildman–Crippen MR) is 83.7 cm³/mol. The number of rotatable bonds is 3. The Kier molecular flexibility index (Phi) is 4.84. The molecule has 0 bridgehead atoms. The van der Waals surface area contributed by atoms with Crippen molar-refractivity contribution in [1.29, 1.82) is 0 Å². The maximum atomic E-state index is 6.28. The van der Waals surface area contributed by atoms with Gasteiger partial charge in [-0.3, -0.25) is 4.98 Å². The minimum atomic E-state index is -0.366. The number of methoxy groups -OCH3 is 1. The molecule has 100 valence electrons. The Hall–Kier alpha value is -0.620. The van der Waals surface area contributed by atoms with Crippen molar-refractivity contribution in [2.24, 2.45) is 5.73 Å². The fraction of sp³-hybridized carbons (Fsp3) is 0.154. The molecule has 0 radical (unpaired) electrons. The van der Waals surface area contributed by atoms with Gasteiger partial charge in [0.2, 0.25) is 0 Å². The van der Waals surface area contributed by atoms with Crippen LogP contribution in [0.15, 0.2) is 39.5 Å². The minimum Gasteiger partial charge on any atom is -0.495 e. The highest BCUT2D eigenvalue weighted by Gasteiger charge is 2.18. The highest BCUT2D eigenvalue weighted by Crippen LogP contribution is 2.37. The molecule has 1 heterocycles. The van der Waals surface area contributed by atoms with Crippen LogP contribution in [0.2, 0.25) is 5.02 Å². The van der Waals surface area contributed by atoms with Crippen LogP contribution in [0.5, 0.6) is 5.75 Å². The number of nitrogens with zero attached hydrogens (tertiary/aromatic N) is 1. The summed E-state index contributed by atoms with van der Waals surface area (Å²) in [6, 6.07) is 5.13. The third-order valence-electron chi connectivity index (χ3n) is 2.66. The van der Waals surface area contributed by atoms with Crippen molar-refractivity contribution in [1.82, 2.24) is 4.98 Å². The van der Waals surface area contributed by atoms with E-state index in [1.165, 1.54) is 0 Å². The second kappa shape index (κ2) is 6.22. The van der Waals surface area contributed by atoms with E-state index in [-0.39, 0.29) is 6.04 Å². The monoisotopic (exact) mass is 404 g/mol. The SMILES string of the molecule is COc1c(Br)cc(Cl)cc1C(N)c1cncc(Br)c1. The molecule has 0 aliphatic rings. The summed E-state index contributed by atoms with van der Waals surface area (Å²) >= 11 is 12.9. The summed E-state index contributed by atoms with van der Waals surface area (Å²) in [5.41, 5.74) is 7.96. The molecule has 3 nitrogen and oxygen atoms in total. The van der Waals surface area contributed by atoms with Crippen LogP contribution in [0.25, 0.3) is 0 Å². The molecule has 0 aliphatic heterocycles. The smallest absolute Gasteiger partial charge is 0.138 e. The van der Waals surface area contributed by atoms with E-state index in [0.717, 1.165) is 20.1 Å². The third-order valence-corrected chi connectivity index (χ3v) is 3.90. The summed E-state index contributed by atoms with van der Waals surface area (Å²) in [6.45, 7) is 0. The van der Waals surface area contributed by atoms with E-state index in [1.54, 1.807) is 31.6 Å². The number of halogens is 3. The lowest BCUT2D eigenvalue weighted by Gasteiger charge is -2.17. The Morgan fingerprint density at radius 3 is 2.63 bits per heavy atom. The molecular formula is C13H11Br2ClN2O. The Labute approximate surface area is 133 Å². The zero-order valence-electron chi connectivity index (χ0n) is 10.0. The molecule has 0 saturated heterocycles. The lowest BCUT2D eigenvalue weighted by Crippen LogP contribution is -2.13. The summed E-state index contributed by atoms with van der Waals surface area (Å²) in [4.78, 5) is 4.12. The number of hydrogen-bond donors (Lipinski definition) is 1. The van der Waals surface area contributed by atoms with Crippen LogP contribution in [0.4, 0.5) is 0 Å². The van der Waals surface area contributed by atoms with Gasteiger partial charge in [-0.1, -0.05) is 11.6 Å². The molecule has 1 aromatic carbocycles. The molecule has 0 fully saturated rings. The largest absolute Gasteiger partial charge is 0.495 e. The first-order valence-corrected chi connectivity index (χ1v) is 7.38. The Balaban J connectivity index is 2.52. The summed E-state index contributed by atoms with van der Waals surface area (Å²) in [5, 5.41) is 0.598. The van der Waals surface area contributed by atoms with Gasteiger partial charge in [-0.15, -0.1) is 0 Å². The zero-order chi connectivity index (χ0) is 14.0. The average molecular weight is 407 g/mol. The van der Waals surface area contributed by atoms with E-state index < -0.39 is 0 Å². The first kappa shape index (κ1) is 14.8. The fourth-order valence-corrected chi connectivity index (χ4v) is 3.18. The number of hydrogen-bond acceptors (Lipinski definition) is 3. The van der Waals surface area contributed by atoms with E-state index >= 15 is 0 Å². The molecule has 0 spiro atoms. The number of ether oxygens (including phenoxy) is 1. The van der Waals surface area contributed by atoms with Crippen molar-refractivity contribution < 1.29 is 4.74 Å². The normalized spacial score (nSPS) is 12.3. The third kappa shape index (κ3) is 3.28. The van der Waals surface area contributed by atoms with Gasteiger partial charge in [-0.05, 0) is 55.6 Å². The predicted octanol–water partition coefficient (Wildman–Crippen LogP) is 4.32. The number of benzene rings is 1.